The summed E-state index contributed by atoms with van der Waals surface area (Å²) in [6.45, 7) is 0. The number of nitrogen functional groups attached to an aromatic ring is 1. The fourth-order valence-electron chi connectivity index (χ4n) is 1.19. The highest BCUT2D eigenvalue weighted by Gasteiger charge is 2.09. The smallest absolute Gasteiger partial charge is 0.248 e. The van der Waals surface area contributed by atoms with E-state index in [1.54, 1.807) is 29.9 Å². The summed E-state index contributed by atoms with van der Waals surface area (Å²) in [5.41, 5.74) is 10.8. The monoisotopic (exact) mass is 279 g/mol. The largest absolute Gasteiger partial charge is 0.368 e. The average molecular weight is 279 g/mol. The van der Waals surface area contributed by atoms with Crippen LogP contribution in [-0.2, 0) is 11.8 Å². The Morgan fingerprint density at radius 2 is 2.32 bits per heavy atom. The Morgan fingerprint density at radius 1 is 1.47 bits per heavy atom. The van der Waals surface area contributed by atoms with Gasteiger partial charge in [0, 0.05) is 13.2 Å². The number of hydrazine groups is 1. The lowest BCUT2D eigenvalue weighted by Crippen LogP contribution is -2.31. The van der Waals surface area contributed by atoms with E-state index in [1.807, 2.05) is 6.07 Å². The molecule has 0 spiro atoms. The van der Waals surface area contributed by atoms with Crippen molar-refractivity contribution in [3.63, 3.8) is 0 Å². The van der Waals surface area contributed by atoms with Gasteiger partial charge in [0.1, 0.15) is 5.82 Å². The van der Waals surface area contributed by atoms with Crippen molar-refractivity contribution >= 4 is 29.4 Å². The number of nitrogens with one attached hydrogen (secondary N) is 2. The predicted octanol–water partition coefficient (Wildman–Crippen LogP) is 0.0277. The van der Waals surface area contributed by atoms with Crippen molar-refractivity contribution in [2.75, 3.05) is 16.9 Å². The van der Waals surface area contributed by atoms with E-state index >= 15 is 0 Å². The Balaban J connectivity index is 1.78. The quantitative estimate of drug-likeness (QED) is 0.523. The predicted molar refractivity (Wildman–Crippen MR) is 72.1 cm³/mol. The molecular weight excluding hydrogens is 266 g/mol. The van der Waals surface area contributed by atoms with Gasteiger partial charge in [0.25, 0.3) is 0 Å². The van der Waals surface area contributed by atoms with Crippen LogP contribution in [0.2, 0.25) is 0 Å². The number of hydrogen-bond acceptors (Lipinski definition) is 7. The Bertz CT molecular complexity index is 556. The van der Waals surface area contributed by atoms with Crippen LogP contribution in [0.15, 0.2) is 29.6 Å². The molecule has 2 aromatic rings. The zero-order valence-electron chi connectivity index (χ0n) is 10.2. The highest BCUT2D eigenvalue weighted by molar-refractivity contribution is 7.99. The fraction of sp³-hybridized carbons (Fsp3) is 0.200. The molecule has 0 bridgehead atoms. The molecule has 0 aliphatic rings. The molecule has 8 nitrogen and oxygen atoms in total. The molecular formula is C10H13N7OS. The van der Waals surface area contributed by atoms with E-state index in [4.69, 9.17) is 5.73 Å². The summed E-state index contributed by atoms with van der Waals surface area (Å²) in [4.78, 5) is 15.6. The minimum Gasteiger partial charge on any atom is -0.368 e. The van der Waals surface area contributed by atoms with Crippen molar-refractivity contribution in [1.82, 2.24) is 25.2 Å². The van der Waals surface area contributed by atoms with Crippen LogP contribution in [0.25, 0.3) is 0 Å². The van der Waals surface area contributed by atoms with Gasteiger partial charge in [-0.25, -0.2) is 4.98 Å². The molecule has 2 aromatic heterocycles. The first-order valence-corrected chi connectivity index (χ1v) is 6.39. The minimum absolute atomic E-state index is 0.197. The Kier molecular flexibility index (Phi) is 4.18. The molecule has 0 unspecified atom stereocenters. The molecule has 19 heavy (non-hydrogen) atoms. The minimum atomic E-state index is -0.197. The lowest BCUT2D eigenvalue weighted by atomic mass is 10.5. The number of carbonyl (C=O) groups is 1. The number of anilines is 2. The van der Waals surface area contributed by atoms with Crippen molar-refractivity contribution in [2.45, 2.75) is 5.16 Å². The van der Waals surface area contributed by atoms with Crippen LogP contribution in [0.4, 0.5) is 11.8 Å². The zero-order valence-corrected chi connectivity index (χ0v) is 11.0. The molecule has 100 valence electrons. The van der Waals surface area contributed by atoms with E-state index < -0.39 is 0 Å². The summed E-state index contributed by atoms with van der Waals surface area (Å²) in [6.07, 6.45) is 1.63. The van der Waals surface area contributed by atoms with E-state index in [1.165, 1.54) is 11.8 Å². The molecule has 4 N–H and O–H groups in total. The van der Waals surface area contributed by atoms with Crippen LogP contribution in [0.1, 0.15) is 0 Å². The summed E-state index contributed by atoms with van der Waals surface area (Å²) >= 11 is 1.25. The number of nitrogens with two attached hydrogens (primary N) is 1. The van der Waals surface area contributed by atoms with Crippen LogP contribution in [0.3, 0.4) is 0 Å². The second-order valence-corrected chi connectivity index (χ2v) is 4.52. The summed E-state index contributed by atoms with van der Waals surface area (Å²) < 4.78 is 1.62. The van der Waals surface area contributed by atoms with Crippen LogP contribution >= 0.6 is 11.8 Å². The number of aromatic nitrogens is 4. The van der Waals surface area contributed by atoms with Gasteiger partial charge in [-0.05, 0) is 12.1 Å². The number of hydrogen-bond donors (Lipinski definition) is 3. The molecule has 2 rings (SSSR count). The number of nitrogens with zero attached hydrogens (tertiary/aromatic N) is 4. The fourth-order valence-corrected chi connectivity index (χ4v) is 1.91. The van der Waals surface area contributed by atoms with Gasteiger partial charge in [-0.3, -0.25) is 20.2 Å². The van der Waals surface area contributed by atoms with Gasteiger partial charge in [0.05, 0.1) is 5.75 Å². The SMILES string of the molecule is Cn1c(N)nnc1SCC(=O)NNc1ccccn1. The number of pyridine rings is 1. The molecule has 0 saturated carbocycles. The topological polar surface area (TPSA) is 111 Å². The van der Waals surface area contributed by atoms with Gasteiger partial charge in [0.2, 0.25) is 11.9 Å². The van der Waals surface area contributed by atoms with Crippen LogP contribution in [-0.4, -0.2) is 31.4 Å². The van der Waals surface area contributed by atoms with Crippen molar-refractivity contribution in [2.24, 2.45) is 7.05 Å². The number of thioether (sulfide) groups is 1. The Morgan fingerprint density at radius 3 is 2.95 bits per heavy atom. The average Bonchev–Trinajstić information content (AvgIpc) is 2.75. The third-order valence-electron chi connectivity index (χ3n) is 2.20. The van der Waals surface area contributed by atoms with Gasteiger partial charge >= 0.3 is 0 Å². The van der Waals surface area contributed by atoms with Crippen molar-refractivity contribution in [1.29, 1.82) is 0 Å². The van der Waals surface area contributed by atoms with Gasteiger partial charge in [-0.1, -0.05) is 17.8 Å². The molecule has 0 fully saturated rings. The van der Waals surface area contributed by atoms with Crippen molar-refractivity contribution in [3.05, 3.63) is 24.4 Å². The zero-order chi connectivity index (χ0) is 13.7. The first kappa shape index (κ1) is 13.1. The number of carbonyl (C=O) groups excluding carboxylic acids is 1. The highest BCUT2D eigenvalue weighted by atomic mass is 32.2. The van der Waals surface area contributed by atoms with E-state index in [2.05, 4.69) is 26.0 Å². The summed E-state index contributed by atoms with van der Waals surface area (Å²) in [7, 11) is 1.74. The first-order chi connectivity index (χ1) is 9.16. The summed E-state index contributed by atoms with van der Waals surface area (Å²) in [5.74, 6) is 0.890. The van der Waals surface area contributed by atoms with Gasteiger partial charge in [0.15, 0.2) is 5.16 Å². The lowest BCUT2D eigenvalue weighted by molar-refractivity contribution is -0.118. The molecule has 2 heterocycles. The first-order valence-electron chi connectivity index (χ1n) is 5.40. The summed E-state index contributed by atoms with van der Waals surface area (Å²) in [5, 5.41) is 8.13. The van der Waals surface area contributed by atoms with Crippen LogP contribution in [0, 0.1) is 0 Å². The maximum atomic E-state index is 11.6. The lowest BCUT2D eigenvalue weighted by Gasteiger charge is -2.06. The van der Waals surface area contributed by atoms with Crippen molar-refractivity contribution < 1.29 is 4.79 Å². The van der Waals surface area contributed by atoms with E-state index in [9.17, 15) is 4.79 Å². The molecule has 0 aliphatic carbocycles. The molecule has 9 heteroatoms. The summed E-state index contributed by atoms with van der Waals surface area (Å²) in [6, 6.07) is 5.36. The second-order valence-electron chi connectivity index (χ2n) is 3.58. The molecule has 0 atom stereocenters. The molecule has 0 saturated heterocycles. The molecule has 0 radical (unpaired) electrons. The van der Waals surface area contributed by atoms with Gasteiger partial charge in [-0.15, -0.1) is 10.2 Å². The molecule has 0 aromatic carbocycles. The van der Waals surface area contributed by atoms with E-state index in [-0.39, 0.29) is 11.7 Å². The number of rotatable bonds is 5. The highest BCUT2D eigenvalue weighted by Crippen LogP contribution is 2.15. The van der Waals surface area contributed by atoms with Crippen LogP contribution < -0.4 is 16.6 Å². The standard InChI is InChI=1S/C10H13N7OS/c1-17-9(11)15-16-10(17)19-6-8(18)14-13-7-4-2-3-5-12-7/h2-5H,6H2,1H3,(H2,11,15)(H,12,13)(H,14,18). The van der Waals surface area contributed by atoms with Crippen molar-refractivity contribution in [3.8, 4) is 0 Å². The van der Waals surface area contributed by atoms with Gasteiger partial charge in [-0.2, -0.15) is 0 Å². The van der Waals surface area contributed by atoms with E-state index in [0.29, 0.717) is 16.9 Å². The number of amides is 1. The normalized spacial score (nSPS) is 10.2. The molecule has 1 amide bonds. The maximum absolute atomic E-state index is 11.6. The molecule has 0 aliphatic heterocycles. The third-order valence-corrected chi connectivity index (χ3v) is 3.22. The van der Waals surface area contributed by atoms with E-state index in [0.717, 1.165) is 0 Å². The van der Waals surface area contributed by atoms with Crippen LogP contribution in [0.5, 0.6) is 0 Å². The third kappa shape index (κ3) is 3.58. The maximum Gasteiger partial charge on any atom is 0.248 e. The van der Waals surface area contributed by atoms with Gasteiger partial charge < -0.3 is 5.73 Å². The second kappa shape index (κ2) is 6.05. The Labute approximate surface area is 113 Å². The Hall–Kier alpha value is -2.29.